The molecule has 2 aliphatic carbocycles. The largest absolute Gasteiger partial charge is 0.481 e. The van der Waals surface area contributed by atoms with Gasteiger partial charge in [-0.2, -0.15) is 0 Å². The second-order valence-corrected chi connectivity index (χ2v) is 8.23. The van der Waals surface area contributed by atoms with Crippen molar-refractivity contribution in [2.24, 2.45) is 5.92 Å². The number of hydrogen-bond acceptors (Lipinski definition) is 1. The fraction of sp³-hybridized carbons (Fsp3) is 0.591. The Morgan fingerprint density at radius 3 is 2.72 bits per heavy atom. The molecule has 2 aliphatic rings. The fourth-order valence-electron chi connectivity index (χ4n) is 5.09. The molecule has 0 spiro atoms. The third-order valence-electron chi connectivity index (χ3n) is 6.73. The molecule has 1 heterocycles. The molecule has 0 radical (unpaired) electrons. The highest BCUT2D eigenvalue weighted by Crippen LogP contribution is 2.53. The first kappa shape index (κ1) is 16.7. The summed E-state index contributed by atoms with van der Waals surface area (Å²) in [5.74, 6) is 0.811. The highest BCUT2D eigenvalue weighted by molar-refractivity contribution is 5.89. The highest BCUT2D eigenvalue weighted by atomic mass is 16.4. The Morgan fingerprint density at radius 2 is 2.08 bits per heavy atom. The number of para-hydroxylation sites is 1. The van der Waals surface area contributed by atoms with Gasteiger partial charge in [-0.05, 0) is 55.1 Å². The molecular formula is C22H29NO2. The van der Waals surface area contributed by atoms with Crippen LogP contribution in [0.25, 0.3) is 10.9 Å². The Kier molecular flexibility index (Phi) is 4.13. The number of nitrogens with one attached hydrogen (secondary N) is 1. The zero-order valence-electron chi connectivity index (χ0n) is 15.4. The lowest BCUT2D eigenvalue weighted by molar-refractivity contribution is -0.138. The molecule has 0 saturated heterocycles. The number of aliphatic carboxylic acids is 1. The van der Waals surface area contributed by atoms with Gasteiger partial charge in [-0.3, -0.25) is 4.79 Å². The first-order valence-corrected chi connectivity index (χ1v) is 9.93. The lowest BCUT2D eigenvalue weighted by Gasteiger charge is -2.39. The number of carboxylic acids is 1. The molecule has 1 unspecified atom stereocenters. The van der Waals surface area contributed by atoms with Gasteiger partial charge in [0.05, 0.1) is 6.42 Å². The molecular weight excluding hydrogens is 310 g/mol. The summed E-state index contributed by atoms with van der Waals surface area (Å²) in [6, 6.07) is 6.62. The number of H-pyrrole nitrogens is 1. The van der Waals surface area contributed by atoms with E-state index in [4.69, 9.17) is 0 Å². The first-order valence-electron chi connectivity index (χ1n) is 9.93. The van der Waals surface area contributed by atoms with E-state index in [0.717, 1.165) is 31.6 Å². The molecule has 3 heteroatoms. The normalized spacial score (nSPS) is 25.9. The van der Waals surface area contributed by atoms with E-state index in [9.17, 15) is 9.90 Å². The van der Waals surface area contributed by atoms with Crippen molar-refractivity contribution in [3.8, 4) is 0 Å². The molecule has 25 heavy (non-hydrogen) atoms. The van der Waals surface area contributed by atoms with Crippen molar-refractivity contribution in [3.63, 3.8) is 0 Å². The summed E-state index contributed by atoms with van der Waals surface area (Å²) in [5, 5.41) is 10.9. The van der Waals surface area contributed by atoms with Gasteiger partial charge in [0.25, 0.3) is 0 Å². The van der Waals surface area contributed by atoms with Crippen LogP contribution in [-0.4, -0.2) is 16.1 Å². The maximum absolute atomic E-state index is 11.6. The first-order chi connectivity index (χ1) is 12.1. The Morgan fingerprint density at radius 1 is 1.28 bits per heavy atom. The topological polar surface area (TPSA) is 53.1 Å². The van der Waals surface area contributed by atoms with Crippen LogP contribution in [0.15, 0.2) is 18.2 Å². The van der Waals surface area contributed by atoms with Crippen molar-refractivity contribution in [2.75, 3.05) is 0 Å². The molecule has 134 valence electrons. The second kappa shape index (κ2) is 6.19. The standard InChI is InChI=1S/C22H29NO2/c1-3-15-6-5-7-17-19-16(12-14-8-9-14)10-11-22(4-2,13-18(24)25)21(19)23-20(15)17/h5-7,14,16,23H,3-4,8-13H2,1-2H3,(H,24,25)/t16-,22?/m1/s1. The van der Waals surface area contributed by atoms with E-state index in [1.54, 1.807) is 0 Å². The highest BCUT2D eigenvalue weighted by Gasteiger charge is 2.43. The molecule has 0 amide bonds. The van der Waals surface area contributed by atoms with Gasteiger partial charge in [-0.15, -0.1) is 0 Å². The predicted octanol–water partition coefficient (Wildman–Crippen LogP) is 5.53. The van der Waals surface area contributed by atoms with Crippen molar-refractivity contribution < 1.29 is 9.90 Å². The molecule has 4 rings (SSSR count). The second-order valence-electron chi connectivity index (χ2n) is 8.23. The Hall–Kier alpha value is -1.77. The summed E-state index contributed by atoms with van der Waals surface area (Å²) in [6.07, 6.45) is 8.29. The van der Waals surface area contributed by atoms with Gasteiger partial charge in [0, 0.05) is 22.0 Å². The monoisotopic (exact) mass is 339 g/mol. The van der Waals surface area contributed by atoms with Crippen LogP contribution in [0, 0.1) is 5.92 Å². The maximum atomic E-state index is 11.6. The zero-order chi connectivity index (χ0) is 17.6. The van der Waals surface area contributed by atoms with Crippen molar-refractivity contribution in [1.82, 2.24) is 4.98 Å². The maximum Gasteiger partial charge on any atom is 0.304 e. The van der Waals surface area contributed by atoms with Crippen LogP contribution in [0.2, 0.25) is 0 Å². The molecule has 2 aromatic rings. The number of aromatic amines is 1. The number of rotatable bonds is 6. The summed E-state index contributed by atoms with van der Waals surface area (Å²) in [4.78, 5) is 15.4. The molecule has 2 N–H and O–H groups in total. The number of fused-ring (bicyclic) bond motifs is 3. The van der Waals surface area contributed by atoms with E-state index in [1.165, 1.54) is 47.0 Å². The number of hydrogen-bond donors (Lipinski definition) is 2. The average Bonchev–Trinajstić information content (AvgIpc) is 3.32. The minimum atomic E-state index is -0.678. The molecule has 1 fully saturated rings. The van der Waals surface area contributed by atoms with Crippen molar-refractivity contribution in [2.45, 2.75) is 76.5 Å². The molecule has 0 bridgehead atoms. The summed E-state index contributed by atoms with van der Waals surface area (Å²) in [5.41, 5.74) is 5.06. The predicted molar refractivity (Wildman–Crippen MR) is 101 cm³/mol. The number of carboxylic acid groups (broad SMARTS) is 1. The molecule has 1 aromatic heterocycles. The Bertz CT molecular complexity index is 802. The Labute approximate surface area is 149 Å². The van der Waals surface area contributed by atoms with Crippen LogP contribution < -0.4 is 0 Å². The SMILES string of the molecule is CCc1cccc2c3c([nH]c12)C(CC)(CC(=O)O)CC[C@@H]3CC1CC1. The van der Waals surface area contributed by atoms with Gasteiger partial charge in [0.1, 0.15) is 0 Å². The third-order valence-corrected chi connectivity index (χ3v) is 6.73. The van der Waals surface area contributed by atoms with E-state index in [2.05, 4.69) is 37.0 Å². The lowest BCUT2D eigenvalue weighted by atomic mass is 9.65. The van der Waals surface area contributed by atoms with Crippen LogP contribution in [0.4, 0.5) is 0 Å². The van der Waals surface area contributed by atoms with Crippen LogP contribution in [0.3, 0.4) is 0 Å². The Balaban J connectivity index is 1.91. The van der Waals surface area contributed by atoms with E-state index in [1.807, 2.05) is 0 Å². The number of benzene rings is 1. The summed E-state index contributed by atoms with van der Waals surface area (Å²) < 4.78 is 0. The number of aryl methyl sites for hydroxylation is 1. The minimum Gasteiger partial charge on any atom is -0.481 e. The van der Waals surface area contributed by atoms with Crippen LogP contribution in [0.1, 0.15) is 81.5 Å². The molecule has 3 nitrogen and oxygen atoms in total. The van der Waals surface area contributed by atoms with Crippen molar-refractivity contribution in [3.05, 3.63) is 35.0 Å². The van der Waals surface area contributed by atoms with Gasteiger partial charge >= 0.3 is 5.97 Å². The van der Waals surface area contributed by atoms with E-state index < -0.39 is 5.97 Å². The third kappa shape index (κ3) is 2.78. The zero-order valence-corrected chi connectivity index (χ0v) is 15.4. The smallest absolute Gasteiger partial charge is 0.304 e. The van der Waals surface area contributed by atoms with E-state index in [-0.39, 0.29) is 11.8 Å². The van der Waals surface area contributed by atoms with Gasteiger partial charge in [-0.25, -0.2) is 0 Å². The van der Waals surface area contributed by atoms with Gasteiger partial charge < -0.3 is 10.1 Å². The van der Waals surface area contributed by atoms with E-state index >= 15 is 0 Å². The van der Waals surface area contributed by atoms with Crippen LogP contribution >= 0.6 is 0 Å². The van der Waals surface area contributed by atoms with Crippen LogP contribution in [-0.2, 0) is 16.6 Å². The van der Waals surface area contributed by atoms with Gasteiger partial charge in [-0.1, -0.05) is 44.9 Å². The fourth-order valence-corrected chi connectivity index (χ4v) is 5.09. The van der Waals surface area contributed by atoms with Crippen molar-refractivity contribution in [1.29, 1.82) is 0 Å². The van der Waals surface area contributed by atoms with Gasteiger partial charge in [0.15, 0.2) is 0 Å². The molecule has 1 aromatic carbocycles. The summed E-state index contributed by atoms with van der Waals surface area (Å²) in [6.45, 7) is 4.35. The lowest BCUT2D eigenvalue weighted by Crippen LogP contribution is -2.34. The van der Waals surface area contributed by atoms with E-state index in [0.29, 0.717) is 5.92 Å². The summed E-state index contributed by atoms with van der Waals surface area (Å²) >= 11 is 0. The number of carbonyl (C=O) groups is 1. The van der Waals surface area contributed by atoms with Gasteiger partial charge in [0.2, 0.25) is 0 Å². The molecule has 0 aliphatic heterocycles. The average molecular weight is 339 g/mol. The van der Waals surface area contributed by atoms with Crippen molar-refractivity contribution >= 4 is 16.9 Å². The minimum absolute atomic E-state index is 0.231. The molecule has 2 atom stereocenters. The molecule has 1 saturated carbocycles. The number of aromatic nitrogens is 1. The summed E-state index contributed by atoms with van der Waals surface area (Å²) in [7, 11) is 0. The van der Waals surface area contributed by atoms with Crippen LogP contribution in [0.5, 0.6) is 0 Å². The quantitative estimate of drug-likeness (QED) is 0.727.